The SMILES string of the molecule is CN(CCO)c1cc(N(C)c2ccncc2)ncn1. The van der Waals surface area contributed by atoms with E-state index in [0.29, 0.717) is 6.54 Å². The third kappa shape index (κ3) is 3.17. The zero-order valence-corrected chi connectivity index (χ0v) is 11.1. The Kier molecular flexibility index (Phi) is 4.25. The number of anilines is 3. The molecule has 19 heavy (non-hydrogen) atoms. The van der Waals surface area contributed by atoms with Gasteiger partial charge < -0.3 is 14.9 Å². The molecule has 2 aromatic heterocycles. The summed E-state index contributed by atoms with van der Waals surface area (Å²) in [6.45, 7) is 0.630. The van der Waals surface area contributed by atoms with Gasteiger partial charge in [0.2, 0.25) is 0 Å². The Morgan fingerprint density at radius 2 is 1.79 bits per heavy atom. The average molecular weight is 259 g/mol. The summed E-state index contributed by atoms with van der Waals surface area (Å²) in [4.78, 5) is 16.3. The van der Waals surface area contributed by atoms with Gasteiger partial charge in [-0.3, -0.25) is 4.98 Å². The molecule has 1 N–H and O–H groups in total. The first kappa shape index (κ1) is 13.2. The standard InChI is InChI=1S/C13H17N5O/c1-17(7-8-19)12-9-13(16-10-15-12)18(2)11-3-5-14-6-4-11/h3-6,9-10,19H,7-8H2,1-2H3. The third-order valence-corrected chi connectivity index (χ3v) is 2.86. The molecule has 0 spiro atoms. The van der Waals surface area contributed by atoms with Crippen LogP contribution in [0.15, 0.2) is 36.9 Å². The van der Waals surface area contributed by atoms with Crippen molar-refractivity contribution in [3.05, 3.63) is 36.9 Å². The monoisotopic (exact) mass is 259 g/mol. The molecule has 6 nitrogen and oxygen atoms in total. The van der Waals surface area contributed by atoms with Crippen molar-refractivity contribution in [1.82, 2.24) is 15.0 Å². The molecule has 0 aliphatic carbocycles. The number of nitrogens with zero attached hydrogens (tertiary/aromatic N) is 5. The fourth-order valence-electron chi connectivity index (χ4n) is 1.69. The molecule has 0 aromatic carbocycles. The Morgan fingerprint density at radius 1 is 1.11 bits per heavy atom. The van der Waals surface area contributed by atoms with E-state index in [1.807, 2.05) is 42.1 Å². The second kappa shape index (κ2) is 6.10. The lowest BCUT2D eigenvalue weighted by molar-refractivity contribution is 0.304. The summed E-state index contributed by atoms with van der Waals surface area (Å²) in [6.07, 6.45) is 5.01. The average Bonchev–Trinajstić information content (AvgIpc) is 2.48. The summed E-state index contributed by atoms with van der Waals surface area (Å²) in [6, 6.07) is 5.72. The summed E-state index contributed by atoms with van der Waals surface area (Å²) in [5, 5.41) is 8.95. The largest absolute Gasteiger partial charge is 0.395 e. The second-order valence-corrected chi connectivity index (χ2v) is 4.14. The summed E-state index contributed by atoms with van der Waals surface area (Å²) >= 11 is 0. The van der Waals surface area contributed by atoms with Crippen molar-refractivity contribution in [1.29, 1.82) is 0 Å². The van der Waals surface area contributed by atoms with Crippen molar-refractivity contribution in [2.45, 2.75) is 0 Å². The summed E-state index contributed by atoms with van der Waals surface area (Å²) < 4.78 is 0. The number of aliphatic hydroxyl groups excluding tert-OH is 1. The zero-order valence-electron chi connectivity index (χ0n) is 11.1. The van der Waals surface area contributed by atoms with Crippen LogP contribution in [0.5, 0.6) is 0 Å². The first-order valence-corrected chi connectivity index (χ1v) is 6.00. The Morgan fingerprint density at radius 3 is 2.47 bits per heavy atom. The van der Waals surface area contributed by atoms with Crippen LogP contribution in [0.25, 0.3) is 0 Å². The maximum absolute atomic E-state index is 8.95. The molecule has 100 valence electrons. The van der Waals surface area contributed by atoms with Gasteiger partial charge in [-0.1, -0.05) is 0 Å². The molecule has 2 heterocycles. The maximum atomic E-state index is 8.95. The third-order valence-electron chi connectivity index (χ3n) is 2.86. The summed E-state index contributed by atoms with van der Waals surface area (Å²) in [7, 11) is 3.82. The van der Waals surface area contributed by atoms with E-state index in [1.165, 1.54) is 6.33 Å². The smallest absolute Gasteiger partial charge is 0.138 e. The molecule has 0 atom stereocenters. The molecular formula is C13H17N5O. The fraction of sp³-hybridized carbons (Fsp3) is 0.308. The van der Waals surface area contributed by atoms with Crippen LogP contribution in [0, 0.1) is 0 Å². The van der Waals surface area contributed by atoms with E-state index in [2.05, 4.69) is 15.0 Å². The van der Waals surface area contributed by atoms with Crippen LogP contribution in [0.2, 0.25) is 0 Å². The summed E-state index contributed by atoms with van der Waals surface area (Å²) in [5.41, 5.74) is 1.00. The molecule has 0 aliphatic heterocycles. The van der Waals surface area contributed by atoms with Crippen molar-refractivity contribution < 1.29 is 5.11 Å². The van der Waals surface area contributed by atoms with Gasteiger partial charge in [0.05, 0.1) is 6.61 Å². The molecule has 2 rings (SSSR count). The van der Waals surface area contributed by atoms with Crippen molar-refractivity contribution in [2.24, 2.45) is 0 Å². The molecule has 0 bridgehead atoms. The number of hydrogen-bond donors (Lipinski definition) is 1. The highest BCUT2D eigenvalue weighted by Gasteiger charge is 2.08. The van der Waals surface area contributed by atoms with Gasteiger partial charge in [0, 0.05) is 44.8 Å². The zero-order chi connectivity index (χ0) is 13.7. The van der Waals surface area contributed by atoms with Crippen molar-refractivity contribution >= 4 is 17.3 Å². The predicted molar refractivity (Wildman–Crippen MR) is 74.7 cm³/mol. The molecule has 0 radical (unpaired) electrons. The molecule has 0 saturated carbocycles. The first-order chi connectivity index (χ1) is 9.22. The van der Waals surface area contributed by atoms with E-state index in [1.54, 1.807) is 12.4 Å². The van der Waals surface area contributed by atoms with E-state index in [9.17, 15) is 0 Å². The fourth-order valence-corrected chi connectivity index (χ4v) is 1.69. The Hall–Kier alpha value is -2.21. The van der Waals surface area contributed by atoms with Gasteiger partial charge >= 0.3 is 0 Å². The number of hydrogen-bond acceptors (Lipinski definition) is 6. The lowest BCUT2D eigenvalue weighted by atomic mass is 10.3. The predicted octanol–water partition coefficient (Wildman–Crippen LogP) is 1.07. The number of aromatic nitrogens is 3. The Labute approximate surface area is 112 Å². The number of pyridine rings is 1. The van der Waals surface area contributed by atoms with Crippen LogP contribution in [-0.4, -0.2) is 47.3 Å². The van der Waals surface area contributed by atoms with E-state index >= 15 is 0 Å². The molecule has 0 unspecified atom stereocenters. The Bertz CT molecular complexity index is 519. The van der Waals surface area contributed by atoms with Crippen molar-refractivity contribution in [3.8, 4) is 0 Å². The molecule has 0 amide bonds. The number of rotatable bonds is 5. The van der Waals surface area contributed by atoms with Crippen molar-refractivity contribution in [2.75, 3.05) is 37.0 Å². The van der Waals surface area contributed by atoms with E-state index < -0.39 is 0 Å². The highest BCUT2D eigenvalue weighted by Crippen LogP contribution is 2.22. The van der Waals surface area contributed by atoms with Crippen LogP contribution in [0.1, 0.15) is 0 Å². The van der Waals surface area contributed by atoms with Crippen LogP contribution >= 0.6 is 0 Å². The molecule has 6 heteroatoms. The highest BCUT2D eigenvalue weighted by molar-refractivity contribution is 5.61. The van der Waals surface area contributed by atoms with Gasteiger partial charge in [-0.05, 0) is 12.1 Å². The lowest BCUT2D eigenvalue weighted by Gasteiger charge is -2.21. The van der Waals surface area contributed by atoms with E-state index in [4.69, 9.17) is 5.11 Å². The van der Waals surface area contributed by atoms with Crippen molar-refractivity contribution in [3.63, 3.8) is 0 Å². The van der Waals surface area contributed by atoms with Gasteiger partial charge in [0.1, 0.15) is 18.0 Å². The quantitative estimate of drug-likeness (QED) is 0.866. The Balaban J connectivity index is 2.23. The molecule has 0 saturated heterocycles. The van der Waals surface area contributed by atoms with E-state index in [-0.39, 0.29) is 6.61 Å². The second-order valence-electron chi connectivity index (χ2n) is 4.14. The van der Waals surface area contributed by atoms with E-state index in [0.717, 1.165) is 17.3 Å². The molecule has 0 aliphatic rings. The van der Waals surface area contributed by atoms with Crippen LogP contribution in [0.4, 0.5) is 17.3 Å². The van der Waals surface area contributed by atoms with Gasteiger partial charge in [0.25, 0.3) is 0 Å². The minimum absolute atomic E-state index is 0.0933. The van der Waals surface area contributed by atoms with Gasteiger partial charge in [-0.15, -0.1) is 0 Å². The van der Waals surface area contributed by atoms with Crippen LogP contribution in [-0.2, 0) is 0 Å². The molecule has 0 fully saturated rings. The van der Waals surface area contributed by atoms with Gasteiger partial charge in [0.15, 0.2) is 0 Å². The number of aliphatic hydroxyl groups is 1. The first-order valence-electron chi connectivity index (χ1n) is 6.00. The normalized spacial score (nSPS) is 10.3. The van der Waals surface area contributed by atoms with Gasteiger partial charge in [-0.2, -0.15) is 0 Å². The topological polar surface area (TPSA) is 65.4 Å². The van der Waals surface area contributed by atoms with Gasteiger partial charge in [-0.25, -0.2) is 9.97 Å². The molecular weight excluding hydrogens is 242 g/mol. The van der Waals surface area contributed by atoms with Crippen LogP contribution in [0.3, 0.4) is 0 Å². The minimum atomic E-state index is 0.0933. The minimum Gasteiger partial charge on any atom is -0.395 e. The maximum Gasteiger partial charge on any atom is 0.138 e. The van der Waals surface area contributed by atoms with Crippen LogP contribution < -0.4 is 9.80 Å². The molecule has 2 aromatic rings. The summed E-state index contributed by atoms with van der Waals surface area (Å²) in [5.74, 6) is 1.57. The lowest BCUT2D eigenvalue weighted by Crippen LogP contribution is -2.23. The number of likely N-dealkylation sites (N-methyl/N-ethyl adjacent to an activating group) is 1. The highest BCUT2D eigenvalue weighted by atomic mass is 16.3.